The van der Waals surface area contributed by atoms with Crippen LogP contribution in [0.2, 0.25) is 0 Å². The van der Waals surface area contributed by atoms with Gasteiger partial charge in [0, 0.05) is 20.6 Å². The third-order valence-corrected chi connectivity index (χ3v) is 2.28. The predicted octanol–water partition coefficient (Wildman–Crippen LogP) is 1.52. The number of benzene rings is 1. The zero-order valence-electron chi connectivity index (χ0n) is 7.57. The molecule has 0 amide bonds. The van der Waals surface area contributed by atoms with Crippen molar-refractivity contribution in [1.82, 2.24) is 10.0 Å². The molecule has 0 bridgehead atoms. The highest BCUT2D eigenvalue weighted by atomic mass is 15.7. The maximum Gasteiger partial charge on any atom is 0.0637 e. The molecule has 0 saturated carbocycles. The van der Waals surface area contributed by atoms with Crippen molar-refractivity contribution in [1.29, 1.82) is 0 Å². The zero-order valence-corrected chi connectivity index (χ0v) is 7.57. The average molecular weight is 162 g/mol. The Morgan fingerprint density at radius 3 is 2.42 bits per heavy atom. The molecule has 0 spiro atoms. The molecular formula is C10H14N2. The monoisotopic (exact) mass is 162 g/mol. The fourth-order valence-corrected chi connectivity index (χ4v) is 1.52. The van der Waals surface area contributed by atoms with Gasteiger partial charge in [-0.05, 0) is 5.56 Å². The molecule has 1 saturated heterocycles. The first-order chi connectivity index (χ1) is 5.79. The van der Waals surface area contributed by atoms with Gasteiger partial charge in [0.15, 0.2) is 0 Å². The van der Waals surface area contributed by atoms with E-state index in [0.29, 0.717) is 6.04 Å². The molecule has 64 valence electrons. The van der Waals surface area contributed by atoms with Crippen molar-refractivity contribution in [3.63, 3.8) is 0 Å². The van der Waals surface area contributed by atoms with Gasteiger partial charge in [-0.15, -0.1) is 0 Å². The van der Waals surface area contributed by atoms with Crippen LogP contribution in [0.25, 0.3) is 0 Å². The quantitative estimate of drug-likeness (QED) is 0.608. The summed E-state index contributed by atoms with van der Waals surface area (Å²) in [5.74, 6) is 0. The van der Waals surface area contributed by atoms with Gasteiger partial charge >= 0.3 is 0 Å². The lowest BCUT2D eigenvalue weighted by Gasteiger charge is -2.11. The van der Waals surface area contributed by atoms with Gasteiger partial charge in [0.05, 0.1) is 6.04 Å². The summed E-state index contributed by atoms with van der Waals surface area (Å²) in [7, 11) is 4.17. The Hall–Kier alpha value is -0.860. The van der Waals surface area contributed by atoms with Gasteiger partial charge in [-0.25, -0.2) is 10.0 Å². The lowest BCUT2D eigenvalue weighted by Crippen LogP contribution is -2.19. The average Bonchev–Trinajstić information content (AvgIpc) is 2.84. The highest BCUT2D eigenvalue weighted by molar-refractivity contribution is 5.23. The van der Waals surface area contributed by atoms with Gasteiger partial charge in [-0.3, -0.25) is 0 Å². The van der Waals surface area contributed by atoms with Crippen LogP contribution in [-0.2, 0) is 0 Å². The van der Waals surface area contributed by atoms with Crippen molar-refractivity contribution in [2.45, 2.75) is 6.04 Å². The molecule has 2 rings (SSSR count). The Kier molecular flexibility index (Phi) is 1.87. The minimum atomic E-state index is 0.626. The molecule has 1 heterocycles. The van der Waals surface area contributed by atoms with Crippen molar-refractivity contribution in [3.05, 3.63) is 35.9 Å². The minimum absolute atomic E-state index is 0.626. The van der Waals surface area contributed by atoms with E-state index in [0.717, 1.165) is 6.54 Å². The maximum atomic E-state index is 2.33. The SMILES string of the molecule is CN(C)N1C[C@@H]1c1ccccc1. The normalized spacial score (nSPS) is 27.6. The predicted molar refractivity (Wildman–Crippen MR) is 49.6 cm³/mol. The number of nitrogens with zero attached hydrogens (tertiary/aromatic N) is 2. The van der Waals surface area contributed by atoms with E-state index in [4.69, 9.17) is 0 Å². The fraction of sp³-hybridized carbons (Fsp3) is 0.400. The molecule has 0 N–H and O–H groups in total. The summed E-state index contributed by atoms with van der Waals surface area (Å²) in [6.45, 7) is 1.16. The van der Waals surface area contributed by atoms with Crippen LogP contribution in [0.15, 0.2) is 30.3 Å². The molecule has 0 aromatic heterocycles. The molecule has 1 unspecified atom stereocenters. The Bertz CT molecular complexity index is 256. The van der Waals surface area contributed by atoms with E-state index in [1.807, 2.05) is 0 Å². The van der Waals surface area contributed by atoms with E-state index in [2.05, 4.69) is 54.4 Å². The fourth-order valence-electron chi connectivity index (χ4n) is 1.52. The van der Waals surface area contributed by atoms with Crippen LogP contribution in [0.3, 0.4) is 0 Å². The van der Waals surface area contributed by atoms with E-state index in [9.17, 15) is 0 Å². The Morgan fingerprint density at radius 2 is 1.92 bits per heavy atom. The smallest absolute Gasteiger partial charge is 0.0637 e. The number of hydrazine groups is 1. The van der Waals surface area contributed by atoms with Crippen molar-refractivity contribution < 1.29 is 0 Å². The van der Waals surface area contributed by atoms with E-state index in [-0.39, 0.29) is 0 Å². The summed E-state index contributed by atoms with van der Waals surface area (Å²) in [5.41, 5.74) is 1.42. The molecule has 1 fully saturated rings. The van der Waals surface area contributed by atoms with Crippen LogP contribution < -0.4 is 0 Å². The standard InChI is InChI=1S/C10H14N2/c1-11(2)12-8-10(12)9-6-4-3-5-7-9/h3-7,10H,8H2,1-2H3/t10-,12?/m1/s1. The van der Waals surface area contributed by atoms with E-state index in [1.54, 1.807) is 0 Å². The summed E-state index contributed by atoms with van der Waals surface area (Å²) in [5, 5.41) is 4.48. The zero-order chi connectivity index (χ0) is 8.55. The van der Waals surface area contributed by atoms with Crippen LogP contribution in [0.4, 0.5) is 0 Å². The summed E-state index contributed by atoms with van der Waals surface area (Å²) in [4.78, 5) is 0. The molecular weight excluding hydrogens is 148 g/mol. The van der Waals surface area contributed by atoms with Crippen molar-refractivity contribution >= 4 is 0 Å². The van der Waals surface area contributed by atoms with Crippen LogP contribution in [0, 0.1) is 0 Å². The highest BCUT2D eigenvalue weighted by Crippen LogP contribution is 2.34. The maximum absolute atomic E-state index is 2.33. The number of hydrogen-bond donors (Lipinski definition) is 0. The molecule has 2 atom stereocenters. The number of hydrogen-bond acceptors (Lipinski definition) is 2. The lowest BCUT2D eigenvalue weighted by atomic mass is 10.2. The molecule has 0 radical (unpaired) electrons. The van der Waals surface area contributed by atoms with Crippen LogP contribution in [0.5, 0.6) is 0 Å². The lowest BCUT2D eigenvalue weighted by molar-refractivity contribution is 0.149. The molecule has 1 aromatic rings. The molecule has 1 aromatic carbocycles. The second-order valence-electron chi connectivity index (χ2n) is 3.40. The van der Waals surface area contributed by atoms with Gasteiger partial charge in [-0.1, -0.05) is 30.3 Å². The second-order valence-corrected chi connectivity index (χ2v) is 3.40. The summed E-state index contributed by atoms with van der Waals surface area (Å²) >= 11 is 0. The van der Waals surface area contributed by atoms with Gasteiger partial charge in [0.1, 0.15) is 0 Å². The Morgan fingerprint density at radius 1 is 1.25 bits per heavy atom. The van der Waals surface area contributed by atoms with E-state index in [1.165, 1.54) is 5.56 Å². The molecule has 0 aliphatic carbocycles. The highest BCUT2D eigenvalue weighted by Gasteiger charge is 2.36. The third-order valence-electron chi connectivity index (χ3n) is 2.28. The molecule has 2 heteroatoms. The van der Waals surface area contributed by atoms with Crippen molar-refractivity contribution in [2.75, 3.05) is 20.6 Å². The van der Waals surface area contributed by atoms with Gasteiger partial charge in [0.25, 0.3) is 0 Å². The van der Waals surface area contributed by atoms with Gasteiger partial charge in [-0.2, -0.15) is 0 Å². The number of rotatable bonds is 2. The summed E-state index contributed by atoms with van der Waals surface area (Å²) < 4.78 is 0. The topological polar surface area (TPSA) is 6.25 Å². The first-order valence-corrected chi connectivity index (χ1v) is 4.28. The molecule has 1 aliphatic heterocycles. The molecule has 12 heavy (non-hydrogen) atoms. The third kappa shape index (κ3) is 1.36. The summed E-state index contributed by atoms with van der Waals surface area (Å²) in [6.07, 6.45) is 0. The molecule has 2 nitrogen and oxygen atoms in total. The first kappa shape index (κ1) is 7.77. The minimum Gasteiger partial charge on any atom is -0.247 e. The van der Waals surface area contributed by atoms with Gasteiger partial charge < -0.3 is 0 Å². The first-order valence-electron chi connectivity index (χ1n) is 4.28. The molecule has 1 aliphatic rings. The van der Waals surface area contributed by atoms with Gasteiger partial charge in [0.2, 0.25) is 0 Å². The van der Waals surface area contributed by atoms with Crippen LogP contribution >= 0.6 is 0 Å². The Labute approximate surface area is 73.4 Å². The van der Waals surface area contributed by atoms with Crippen LogP contribution in [0.1, 0.15) is 11.6 Å². The second kappa shape index (κ2) is 2.88. The summed E-state index contributed by atoms with van der Waals surface area (Å²) in [6, 6.07) is 11.3. The van der Waals surface area contributed by atoms with Crippen LogP contribution in [-0.4, -0.2) is 30.7 Å². The largest absolute Gasteiger partial charge is 0.247 e. The van der Waals surface area contributed by atoms with E-state index >= 15 is 0 Å². The Balaban J connectivity index is 2.06. The van der Waals surface area contributed by atoms with E-state index < -0.39 is 0 Å². The van der Waals surface area contributed by atoms with Crippen molar-refractivity contribution in [2.24, 2.45) is 0 Å². The van der Waals surface area contributed by atoms with Crippen molar-refractivity contribution in [3.8, 4) is 0 Å².